The molecule has 0 aliphatic heterocycles. The highest BCUT2D eigenvalue weighted by Crippen LogP contribution is 2.12. The molecule has 0 saturated carbocycles. The normalized spacial score (nSPS) is 11.2. The minimum atomic E-state index is -0.435. The Labute approximate surface area is 96.3 Å². The van der Waals surface area contributed by atoms with Gasteiger partial charge >= 0.3 is 0 Å². The van der Waals surface area contributed by atoms with Crippen molar-refractivity contribution < 1.29 is 9.63 Å². The van der Waals surface area contributed by atoms with E-state index in [1.807, 2.05) is 20.8 Å². The van der Waals surface area contributed by atoms with Crippen molar-refractivity contribution in [3.63, 3.8) is 0 Å². The number of rotatable bonds is 2. The zero-order valence-corrected chi connectivity index (χ0v) is 10.3. The van der Waals surface area contributed by atoms with E-state index in [-0.39, 0.29) is 5.69 Å². The number of carbonyl (C=O) groups excluding carboxylic acids is 1. The maximum absolute atomic E-state index is 11.6. The molecule has 1 N–H and O–H groups in total. The molecule has 6 heteroatoms. The van der Waals surface area contributed by atoms with Crippen LogP contribution in [0.15, 0.2) is 17.0 Å². The second-order valence-electron chi connectivity index (χ2n) is 3.86. The summed E-state index contributed by atoms with van der Waals surface area (Å²) in [6.45, 7) is 5.51. The van der Waals surface area contributed by atoms with E-state index in [4.69, 9.17) is 4.84 Å². The van der Waals surface area contributed by atoms with Crippen LogP contribution >= 0.6 is 15.9 Å². The number of aromatic nitrogens is 2. The van der Waals surface area contributed by atoms with Crippen molar-refractivity contribution >= 4 is 21.8 Å². The molecule has 0 saturated heterocycles. The number of nitrogens with one attached hydrogen (secondary N) is 1. The fourth-order valence-electron chi connectivity index (χ4n) is 0.728. The number of hydrogen-bond donors (Lipinski definition) is 1. The zero-order chi connectivity index (χ0) is 11.5. The van der Waals surface area contributed by atoms with Gasteiger partial charge < -0.3 is 0 Å². The van der Waals surface area contributed by atoms with Gasteiger partial charge in [0, 0.05) is 6.20 Å². The molecule has 0 fully saturated rings. The molecule has 0 unspecified atom stereocenters. The van der Waals surface area contributed by atoms with Crippen molar-refractivity contribution in [2.45, 2.75) is 26.4 Å². The third kappa shape index (κ3) is 3.93. The van der Waals surface area contributed by atoms with Gasteiger partial charge in [-0.2, -0.15) is 0 Å². The number of carbonyl (C=O) groups is 1. The fourth-order valence-corrected chi connectivity index (χ4v) is 1.13. The second kappa shape index (κ2) is 4.67. The average Bonchev–Trinajstić information content (AvgIpc) is 2.14. The standard InChI is InChI=1S/C9H12BrN3O2/c1-9(2,3)15-13-8(14)7-6(10)4-11-5-12-7/h4-5H,1-3H3,(H,13,14). The molecule has 1 aromatic rings. The zero-order valence-electron chi connectivity index (χ0n) is 8.74. The van der Waals surface area contributed by atoms with Crippen LogP contribution in [0.25, 0.3) is 0 Å². The van der Waals surface area contributed by atoms with Crippen molar-refractivity contribution in [2.24, 2.45) is 0 Å². The summed E-state index contributed by atoms with van der Waals surface area (Å²) in [5, 5.41) is 0. The quantitative estimate of drug-likeness (QED) is 0.834. The molecule has 1 heterocycles. The number of amides is 1. The molecule has 0 aliphatic rings. The number of halogens is 1. The molecule has 15 heavy (non-hydrogen) atoms. The van der Waals surface area contributed by atoms with Crippen LogP contribution in [0.2, 0.25) is 0 Å². The Morgan fingerprint density at radius 1 is 1.53 bits per heavy atom. The van der Waals surface area contributed by atoms with Gasteiger partial charge in [-0.15, -0.1) is 0 Å². The molecule has 82 valence electrons. The van der Waals surface area contributed by atoms with E-state index in [0.29, 0.717) is 4.47 Å². The minimum absolute atomic E-state index is 0.245. The van der Waals surface area contributed by atoms with Gasteiger partial charge in [-0.05, 0) is 36.7 Å². The summed E-state index contributed by atoms with van der Waals surface area (Å²) < 4.78 is 0.528. The van der Waals surface area contributed by atoms with Crippen molar-refractivity contribution in [2.75, 3.05) is 0 Å². The molecule has 1 aromatic heterocycles. The Morgan fingerprint density at radius 2 is 2.20 bits per heavy atom. The van der Waals surface area contributed by atoms with Crippen LogP contribution < -0.4 is 5.48 Å². The fraction of sp³-hybridized carbons (Fsp3) is 0.444. The highest BCUT2D eigenvalue weighted by atomic mass is 79.9. The van der Waals surface area contributed by atoms with E-state index in [9.17, 15) is 4.79 Å². The maximum atomic E-state index is 11.6. The van der Waals surface area contributed by atoms with Crippen LogP contribution in [-0.4, -0.2) is 21.5 Å². The molecule has 0 radical (unpaired) electrons. The Balaban J connectivity index is 2.66. The third-order valence-electron chi connectivity index (χ3n) is 1.33. The predicted octanol–water partition coefficient (Wildman–Crippen LogP) is 1.70. The lowest BCUT2D eigenvalue weighted by atomic mass is 10.2. The highest BCUT2D eigenvalue weighted by Gasteiger charge is 2.16. The van der Waals surface area contributed by atoms with Crippen LogP contribution in [-0.2, 0) is 4.84 Å². The summed E-state index contributed by atoms with van der Waals surface area (Å²) in [5.74, 6) is -0.404. The molecule has 0 aliphatic carbocycles. The Hall–Kier alpha value is -1.01. The molecular formula is C9H12BrN3O2. The van der Waals surface area contributed by atoms with Gasteiger partial charge in [-0.1, -0.05) is 0 Å². The predicted molar refractivity (Wildman–Crippen MR) is 58.0 cm³/mol. The van der Waals surface area contributed by atoms with E-state index >= 15 is 0 Å². The SMILES string of the molecule is CC(C)(C)ONC(=O)c1ncncc1Br. The van der Waals surface area contributed by atoms with Crippen molar-refractivity contribution in [1.29, 1.82) is 0 Å². The molecule has 1 rings (SSSR count). The molecule has 0 atom stereocenters. The van der Waals surface area contributed by atoms with Gasteiger partial charge in [0.05, 0.1) is 10.1 Å². The minimum Gasteiger partial charge on any atom is -0.268 e. The number of hydroxylamine groups is 1. The van der Waals surface area contributed by atoms with Gasteiger partial charge in [-0.25, -0.2) is 15.4 Å². The van der Waals surface area contributed by atoms with Gasteiger partial charge in [0.15, 0.2) is 0 Å². The van der Waals surface area contributed by atoms with Crippen LogP contribution in [0.4, 0.5) is 0 Å². The first-order valence-corrected chi connectivity index (χ1v) is 5.13. The topological polar surface area (TPSA) is 64.1 Å². The summed E-state index contributed by atoms with van der Waals surface area (Å²) >= 11 is 3.18. The van der Waals surface area contributed by atoms with Gasteiger partial charge in [0.25, 0.3) is 5.91 Å². The highest BCUT2D eigenvalue weighted by molar-refractivity contribution is 9.10. The van der Waals surface area contributed by atoms with Crippen molar-refractivity contribution in [1.82, 2.24) is 15.4 Å². The van der Waals surface area contributed by atoms with E-state index in [1.54, 1.807) is 0 Å². The van der Waals surface area contributed by atoms with Crippen LogP contribution in [0.5, 0.6) is 0 Å². The largest absolute Gasteiger partial charge is 0.294 e. The summed E-state index contributed by atoms with van der Waals surface area (Å²) in [7, 11) is 0. The first kappa shape index (κ1) is 12.1. The van der Waals surface area contributed by atoms with E-state index in [0.717, 1.165) is 0 Å². The monoisotopic (exact) mass is 273 g/mol. The first-order valence-electron chi connectivity index (χ1n) is 4.34. The summed E-state index contributed by atoms with van der Waals surface area (Å²) in [5.41, 5.74) is 2.13. The maximum Gasteiger partial charge on any atom is 0.294 e. The van der Waals surface area contributed by atoms with Gasteiger partial charge in [0.2, 0.25) is 0 Å². The Bertz CT molecular complexity index is 363. The first-order chi connectivity index (χ1) is 6.90. The Kier molecular flexibility index (Phi) is 3.76. The lowest BCUT2D eigenvalue weighted by Gasteiger charge is -2.18. The van der Waals surface area contributed by atoms with Crippen molar-refractivity contribution in [3.05, 3.63) is 22.7 Å². The smallest absolute Gasteiger partial charge is 0.268 e. The summed E-state index contributed by atoms with van der Waals surface area (Å²) in [6.07, 6.45) is 2.80. The lowest BCUT2D eigenvalue weighted by molar-refractivity contribution is -0.0592. The third-order valence-corrected chi connectivity index (χ3v) is 1.91. The molecule has 0 bridgehead atoms. The molecule has 5 nitrogen and oxygen atoms in total. The van der Waals surface area contributed by atoms with Crippen LogP contribution in [0.3, 0.4) is 0 Å². The van der Waals surface area contributed by atoms with Gasteiger partial charge in [-0.3, -0.25) is 9.63 Å². The summed E-state index contributed by atoms with van der Waals surface area (Å²) in [6, 6.07) is 0. The van der Waals surface area contributed by atoms with Crippen molar-refractivity contribution in [3.8, 4) is 0 Å². The summed E-state index contributed by atoms with van der Waals surface area (Å²) in [4.78, 5) is 24.3. The second-order valence-corrected chi connectivity index (χ2v) is 4.72. The molecule has 1 amide bonds. The van der Waals surface area contributed by atoms with E-state index in [2.05, 4.69) is 31.4 Å². The van der Waals surface area contributed by atoms with Crippen LogP contribution in [0, 0.1) is 0 Å². The van der Waals surface area contributed by atoms with E-state index < -0.39 is 11.5 Å². The van der Waals surface area contributed by atoms with Gasteiger partial charge in [0.1, 0.15) is 12.0 Å². The average molecular weight is 274 g/mol. The Morgan fingerprint density at radius 3 is 2.73 bits per heavy atom. The number of nitrogens with zero attached hydrogens (tertiary/aromatic N) is 2. The molecule has 0 spiro atoms. The van der Waals surface area contributed by atoms with Crippen LogP contribution in [0.1, 0.15) is 31.3 Å². The molecular weight excluding hydrogens is 262 g/mol. The van der Waals surface area contributed by atoms with E-state index in [1.165, 1.54) is 12.5 Å². The number of hydrogen-bond acceptors (Lipinski definition) is 4. The lowest BCUT2D eigenvalue weighted by Crippen LogP contribution is -2.34. The molecule has 0 aromatic carbocycles.